The number of ketones is 1. The molecule has 7 heteroatoms. The summed E-state index contributed by atoms with van der Waals surface area (Å²) in [6, 6.07) is 1.51. The van der Waals surface area contributed by atoms with Crippen molar-refractivity contribution in [3.05, 3.63) is 50.6 Å². The number of H-pyrrole nitrogens is 1. The SMILES string of the molecule is Cc1nc([C@H]2CCCN(C(=O)c3c(C)oc4c3C(=O)CCC4)C2)cc(=O)[nH]1. The van der Waals surface area contributed by atoms with E-state index in [-0.39, 0.29) is 23.2 Å². The van der Waals surface area contributed by atoms with Crippen molar-refractivity contribution < 1.29 is 14.0 Å². The number of fused-ring (bicyclic) bond motifs is 1. The molecule has 2 aromatic heterocycles. The van der Waals surface area contributed by atoms with Gasteiger partial charge in [0.15, 0.2) is 5.78 Å². The minimum atomic E-state index is -0.175. The van der Waals surface area contributed by atoms with Gasteiger partial charge in [0, 0.05) is 37.9 Å². The van der Waals surface area contributed by atoms with Gasteiger partial charge in [0.05, 0.1) is 16.8 Å². The molecule has 0 spiro atoms. The predicted octanol–water partition coefficient (Wildman–Crippen LogP) is 2.52. The van der Waals surface area contributed by atoms with Crippen LogP contribution in [0.3, 0.4) is 0 Å². The largest absolute Gasteiger partial charge is 0.465 e. The zero-order chi connectivity index (χ0) is 19.1. The Kier molecular flexibility index (Phi) is 4.45. The number of nitrogens with one attached hydrogen (secondary N) is 1. The molecule has 4 rings (SSSR count). The number of hydrogen-bond acceptors (Lipinski definition) is 5. The van der Waals surface area contributed by atoms with E-state index in [2.05, 4.69) is 9.97 Å². The third-order valence-electron chi connectivity index (χ3n) is 5.46. The van der Waals surface area contributed by atoms with E-state index in [9.17, 15) is 14.4 Å². The van der Waals surface area contributed by atoms with E-state index in [1.807, 2.05) is 0 Å². The number of piperidine rings is 1. The molecule has 142 valence electrons. The molecule has 2 aromatic rings. The molecular formula is C20H23N3O4. The number of furan rings is 1. The molecule has 1 saturated heterocycles. The van der Waals surface area contributed by atoms with Crippen molar-refractivity contribution in [3.8, 4) is 0 Å². The summed E-state index contributed by atoms with van der Waals surface area (Å²) in [6.07, 6.45) is 3.64. The highest BCUT2D eigenvalue weighted by Crippen LogP contribution is 2.32. The molecule has 0 saturated carbocycles. The van der Waals surface area contributed by atoms with Gasteiger partial charge in [0.1, 0.15) is 17.3 Å². The minimum absolute atomic E-state index is 0.00288. The number of carbonyl (C=O) groups excluding carboxylic acids is 2. The smallest absolute Gasteiger partial charge is 0.258 e. The van der Waals surface area contributed by atoms with Gasteiger partial charge >= 0.3 is 0 Å². The van der Waals surface area contributed by atoms with E-state index >= 15 is 0 Å². The molecule has 0 unspecified atom stereocenters. The van der Waals surface area contributed by atoms with E-state index in [0.29, 0.717) is 54.4 Å². The van der Waals surface area contributed by atoms with Crippen LogP contribution in [-0.2, 0) is 6.42 Å². The summed E-state index contributed by atoms with van der Waals surface area (Å²) in [5.74, 6) is 1.60. The Hall–Kier alpha value is -2.70. The maximum Gasteiger partial charge on any atom is 0.258 e. The van der Waals surface area contributed by atoms with Gasteiger partial charge in [-0.1, -0.05) is 0 Å². The lowest BCUT2D eigenvalue weighted by atomic mass is 9.91. The van der Waals surface area contributed by atoms with Crippen LogP contribution in [0, 0.1) is 13.8 Å². The fourth-order valence-corrected chi connectivity index (χ4v) is 4.24. The first-order chi connectivity index (χ1) is 12.9. The lowest BCUT2D eigenvalue weighted by Crippen LogP contribution is -2.40. The highest BCUT2D eigenvalue weighted by molar-refractivity contribution is 6.10. The molecule has 1 aliphatic heterocycles. The average molecular weight is 369 g/mol. The predicted molar refractivity (Wildman–Crippen MR) is 98.2 cm³/mol. The van der Waals surface area contributed by atoms with Gasteiger partial charge in [-0.2, -0.15) is 0 Å². The van der Waals surface area contributed by atoms with Gasteiger partial charge < -0.3 is 14.3 Å². The van der Waals surface area contributed by atoms with Crippen LogP contribution in [0.4, 0.5) is 0 Å². The zero-order valence-corrected chi connectivity index (χ0v) is 15.6. The maximum absolute atomic E-state index is 13.2. The van der Waals surface area contributed by atoms with Crippen LogP contribution in [-0.4, -0.2) is 39.6 Å². The Morgan fingerprint density at radius 3 is 2.85 bits per heavy atom. The Morgan fingerprint density at radius 1 is 1.26 bits per heavy atom. The topological polar surface area (TPSA) is 96.3 Å². The van der Waals surface area contributed by atoms with Crippen LogP contribution in [0.25, 0.3) is 0 Å². The van der Waals surface area contributed by atoms with Crippen LogP contribution < -0.4 is 5.56 Å². The molecule has 3 heterocycles. The molecule has 1 fully saturated rings. The first kappa shape index (κ1) is 17.7. The van der Waals surface area contributed by atoms with Crippen molar-refractivity contribution in [2.45, 2.75) is 51.9 Å². The molecular weight excluding hydrogens is 346 g/mol. The third kappa shape index (κ3) is 3.22. The molecule has 27 heavy (non-hydrogen) atoms. The van der Waals surface area contributed by atoms with Crippen LogP contribution in [0.2, 0.25) is 0 Å². The van der Waals surface area contributed by atoms with Crippen molar-refractivity contribution in [1.29, 1.82) is 0 Å². The van der Waals surface area contributed by atoms with Gasteiger partial charge in [0.25, 0.3) is 11.5 Å². The van der Waals surface area contributed by atoms with E-state index in [0.717, 1.165) is 25.0 Å². The number of aromatic nitrogens is 2. The monoisotopic (exact) mass is 369 g/mol. The number of nitrogens with zero attached hydrogens (tertiary/aromatic N) is 2. The molecule has 7 nitrogen and oxygen atoms in total. The quantitative estimate of drug-likeness (QED) is 0.877. The second-order valence-corrected chi connectivity index (χ2v) is 7.45. The van der Waals surface area contributed by atoms with Crippen LogP contribution >= 0.6 is 0 Å². The van der Waals surface area contributed by atoms with Crippen LogP contribution in [0.15, 0.2) is 15.3 Å². The normalized spacial score (nSPS) is 19.9. The summed E-state index contributed by atoms with van der Waals surface area (Å²) < 4.78 is 5.74. The first-order valence-corrected chi connectivity index (χ1v) is 9.46. The maximum atomic E-state index is 13.2. The Labute approximate surface area is 156 Å². The highest BCUT2D eigenvalue weighted by atomic mass is 16.3. The number of amides is 1. The van der Waals surface area contributed by atoms with Gasteiger partial charge in [-0.05, 0) is 33.1 Å². The van der Waals surface area contributed by atoms with Crippen molar-refractivity contribution in [1.82, 2.24) is 14.9 Å². The fourth-order valence-electron chi connectivity index (χ4n) is 4.24. The number of hydrogen-bond donors (Lipinski definition) is 1. The number of aryl methyl sites for hydroxylation is 3. The summed E-state index contributed by atoms with van der Waals surface area (Å²) in [4.78, 5) is 46.3. The van der Waals surface area contributed by atoms with E-state index in [1.165, 1.54) is 6.07 Å². The van der Waals surface area contributed by atoms with Crippen LogP contribution in [0.1, 0.15) is 75.4 Å². The lowest BCUT2D eigenvalue weighted by Gasteiger charge is -2.32. The van der Waals surface area contributed by atoms with Crippen molar-refractivity contribution in [3.63, 3.8) is 0 Å². The number of aromatic amines is 1. The van der Waals surface area contributed by atoms with Gasteiger partial charge in [0.2, 0.25) is 0 Å². The van der Waals surface area contributed by atoms with E-state index in [1.54, 1.807) is 18.7 Å². The Balaban J connectivity index is 1.62. The second kappa shape index (κ2) is 6.79. The number of rotatable bonds is 2. The molecule has 0 aromatic carbocycles. The van der Waals surface area contributed by atoms with Gasteiger partial charge in [-0.3, -0.25) is 14.4 Å². The van der Waals surface area contributed by atoms with Crippen molar-refractivity contribution >= 4 is 11.7 Å². The van der Waals surface area contributed by atoms with E-state index in [4.69, 9.17) is 4.42 Å². The molecule has 0 bridgehead atoms. The van der Waals surface area contributed by atoms with E-state index < -0.39 is 0 Å². The second-order valence-electron chi connectivity index (χ2n) is 7.45. The number of carbonyl (C=O) groups is 2. The lowest BCUT2D eigenvalue weighted by molar-refractivity contribution is 0.0699. The summed E-state index contributed by atoms with van der Waals surface area (Å²) in [7, 11) is 0. The van der Waals surface area contributed by atoms with Crippen molar-refractivity contribution in [2.75, 3.05) is 13.1 Å². The fraction of sp³-hybridized carbons (Fsp3) is 0.500. The zero-order valence-electron chi connectivity index (χ0n) is 15.6. The van der Waals surface area contributed by atoms with Crippen LogP contribution in [0.5, 0.6) is 0 Å². The first-order valence-electron chi connectivity index (χ1n) is 9.46. The minimum Gasteiger partial charge on any atom is -0.465 e. The van der Waals surface area contributed by atoms with Gasteiger partial charge in [-0.25, -0.2) is 4.98 Å². The Morgan fingerprint density at radius 2 is 2.07 bits per heavy atom. The standard InChI is InChI=1S/C20H23N3O4/c1-11-18(19-15(24)6-3-7-16(19)27-11)20(26)23-8-4-5-13(10-23)14-9-17(25)22-12(2)21-14/h9,13H,3-8,10H2,1-2H3,(H,21,22,25)/t13-/m0/s1. The van der Waals surface area contributed by atoms with Gasteiger partial charge in [-0.15, -0.1) is 0 Å². The molecule has 1 atom stereocenters. The molecule has 2 aliphatic rings. The number of Topliss-reactive ketones (excluding diaryl/α,β-unsaturated/α-hetero) is 1. The number of likely N-dealkylation sites (tertiary alicyclic amines) is 1. The molecule has 1 aliphatic carbocycles. The highest BCUT2D eigenvalue weighted by Gasteiger charge is 2.34. The summed E-state index contributed by atoms with van der Waals surface area (Å²) in [5.41, 5.74) is 1.45. The molecule has 0 radical (unpaired) electrons. The summed E-state index contributed by atoms with van der Waals surface area (Å²) in [5, 5.41) is 0. The van der Waals surface area contributed by atoms with Crippen molar-refractivity contribution in [2.24, 2.45) is 0 Å². The summed E-state index contributed by atoms with van der Waals surface area (Å²) >= 11 is 0. The Bertz CT molecular complexity index is 972. The molecule has 1 amide bonds. The summed E-state index contributed by atoms with van der Waals surface area (Å²) in [6.45, 7) is 4.62. The average Bonchev–Trinajstić information content (AvgIpc) is 2.97. The third-order valence-corrected chi connectivity index (χ3v) is 5.46. The molecule has 1 N–H and O–H groups in total.